The van der Waals surface area contributed by atoms with Gasteiger partial charge in [-0.2, -0.15) is 0 Å². The number of hydrogen-bond donors (Lipinski definition) is 0. The molecule has 1 aliphatic rings. The van der Waals surface area contributed by atoms with Gasteiger partial charge in [0.1, 0.15) is 0 Å². The lowest BCUT2D eigenvalue weighted by atomic mass is 10.2. The van der Waals surface area contributed by atoms with Crippen LogP contribution in [0.2, 0.25) is 0 Å². The van der Waals surface area contributed by atoms with Crippen molar-refractivity contribution in [3.05, 3.63) is 48.6 Å². The zero-order valence-electron chi connectivity index (χ0n) is 13.4. The Morgan fingerprint density at radius 3 is 1.90 bits per heavy atom. The third-order valence-corrected chi connectivity index (χ3v) is 3.85. The summed E-state index contributed by atoms with van der Waals surface area (Å²) in [4.78, 5) is 0. The Morgan fingerprint density at radius 1 is 0.800 bits per heavy atom. The van der Waals surface area contributed by atoms with Crippen LogP contribution < -0.4 is 0 Å². The summed E-state index contributed by atoms with van der Waals surface area (Å²) in [5, 5.41) is 0. The molecule has 1 saturated carbocycles. The smallest absolute Gasteiger partial charge is 0.0169 e. The molecule has 0 aromatic heterocycles. The molecule has 0 aliphatic heterocycles. The number of rotatable bonds is 11. The normalized spacial score (nSPS) is 22.9. The predicted molar refractivity (Wildman–Crippen MR) is 91.8 cm³/mol. The van der Waals surface area contributed by atoms with E-state index in [2.05, 4.69) is 62.5 Å². The molecule has 0 spiro atoms. The predicted octanol–water partition coefficient (Wildman–Crippen LogP) is 6.62. The Morgan fingerprint density at radius 2 is 1.35 bits per heavy atom. The van der Waals surface area contributed by atoms with Gasteiger partial charge in [0.25, 0.3) is 0 Å². The van der Waals surface area contributed by atoms with Gasteiger partial charge in [0, 0.05) is 0 Å². The van der Waals surface area contributed by atoms with E-state index in [0.717, 1.165) is 31.1 Å². The SMILES string of the molecule is CCCCC/C=C\C/C=C\C/C=C\C/C=C\C1CC1C. The number of hydrogen-bond acceptors (Lipinski definition) is 0. The Balaban J connectivity index is 1.89. The topological polar surface area (TPSA) is 0 Å². The van der Waals surface area contributed by atoms with E-state index in [0.29, 0.717) is 0 Å². The van der Waals surface area contributed by atoms with Crippen molar-refractivity contribution in [2.45, 2.75) is 65.2 Å². The summed E-state index contributed by atoms with van der Waals surface area (Å²) in [6, 6.07) is 0. The Bertz CT molecular complexity index is 330. The Labute approximate surface area is 126 Å². The van der Waals surface area contributed by atoms with Crippen molar-refractivity contribution in [3.63, 3.8) is 0 Å². The number of unbranched alkanes of at least 4 members (excludes halogenated alkanes) is 3. The highest BCUT2D eigenvalue weighted by molar-refractivity contribution is 5.04. The van der Waals surface area contributed by atoms with E-state index < -0.39 is 0 Å². The molecule has 2 unspecified atom stereocenters. The van der Waals surface area contributed by atoms with Gasteiger partial charge in [-0.05, 0) is 50.4 Å². The van der Waals surface area contributed by atoms with Gasteiger partial charge in [0.05, 0.1) is 0 Å². The van der Waals surface area contributed by atoms with Crippen LogP contribution >= 0.6 is 0 Å². The minimum absolute atomic E-state index is 0.882. The van der Waals surface area contributed by atoms with E-state index in [1.807, 2.05) is 0 Å². The van der Waals surface area contributed by atoms with Gasteiger partial charge in [-0.15, -0.1) is 0 Å². The molecule has 1 aliphatic carbocycles. The maximum atomic E-state index is 2.38. The van der Waals surface area contributed by atoms with Crippen molar-refractivity contribution in [2.75, 3.05) is 0 Å². The molecule has 0 heterocycles. The van der Waals surface area contributed by atoms with Crippen molar-refractivity contribution in [1.29, 1.82) is 0 Å². The average Bonchev–Trinajstić information content (AvgIpc) is 3.15. The van der Waals surface area contributed by atoms with Crippen molar-refractivity contribution in [3.8, 4) is 0 Å². The van der Waals surface area contributed by atoms with Crippen molar-refractivity contribution in [1.82, 2.24) is 0 Å². The highest BCUT2D eigenvalue weighted by Gasteiger charge is 2.29. The first-order chi connectivity index (χ1) is 9.84. The molecule has 0 bridgehead atoms. The average molecular weight is 272 g/mol. The molecule has 0 heteroatoms. The summed E-state index contributed by atoms with van der Waals surface area (Å²) in [6.07, 6.45) is 28.3. The summed E-state index contributed by atoms with van der Waals surface area (Å²) >= 11 is 0. The van der Waals surface area contributed by atoms with Crippen LogP contribution in [0, 0.1) is 11.8 Å². The fourth-order valence-corrected chi connectivity index (χ4v) is 2.22. The first-order valence-electron chi connectivity index (χ1n) is 8.46. The van der Waals surface area contributed by atoms with Crippen LogP contribution in [-0.4, -0.2) is 0 Å². The molecular weight excluding hydrogens is 240 g/mol. The van der Waals surface area contributed by atoms with Gasteiger partial charge < -0.3 is 0 Å². The molecule has 2 atom stereocenters. The molecule has 1 fully saturated rings. The standard InChI is InChI=1S/C20H32/c1-3-4-5-6-7-8-9-10-11-12-13-14-15-16-17-20-18-19(20)2/h7-8,10-11,13-14,16-17,19-20H,3-6,9,12,15,18H2,1-2H3/b8-7-,11-10-,14-13-,17-16-. The largest absolute Gasteiger partial charge is 0.0882 e. The summed E-state index contributed by atoms with van der Waals surface area (Å²) in [6.45, 7) is 4.58. The third-order valence-electron chi connectivity index (χ3n) is 3.85. The fourth-order valence-electron chi connectivity index (χ4n) is 2.22. The first-order valence-corrected chi connectivity index (χ1v) is 8.46. The lowest BCUT2D eigenvalue weighted by Crippen LogP contribution is -1.70. The third kappa shape index (κ3) is 9.83. The van der Waals surface area contributed by atoms with Crippen LogP contribution in [-0.2, 0) is 0 Å². The van der Waals surface area contributed by atoms with E-state index in [-0.39, 0.29) is 0 Å². The van der Waals surface area contributed by atoms with Crippen LogP contribution in [0.1, 0.15) is 65.2 Å². The van der Waals surface area contributed by atoms with Crippen LogP contribution in [0.25, 0.3) is 0 Å². The van der Waals surface area contributed by atoms with Crippen LogP contribution in [0.4, 0.5) is 0 Å². The quantitative estimate of drug-likeness (QED) is 0.293. The second kappa shape index (κ2) is 11.8. The Kier molecular flexibility index (Phi) is 10.0. The second-order valence-electron chi connectivity index (χ2n) is 5.92. The Hall–Kier alpha value is -1.04. The summed E-state index contributed by atoms with van der Waals surface area (Å²) in [7, 11) is 0. The van der Waals surface area contributed by atoms with Gasteiger partial charge in [-0.3, -0.25) is 0 Å². The molecule has 20 heavy (non-hydrogen) atoms. The molecule has 0 nitrogen and oxygen atoms in total. The lowest BCUT2D eigenvalue weighted by Gasteiger charge is -1.90. The molecule has 0 aromatic carbocycles. The zero-order chi connectivity index (χ0) is 14.5. The highest BCUT2D eigenvalue weighted by atomic mass is 14.3. The van der Waals surface area contributed by atoms with Gasteiger partial charge in [0.2, 0.25) is 0 Å². The van der Waals surface area contributed by atoms with Crippen molar-refractivity contribution in [2.24, 2.45) is 11.8 Å². The highest BCUT2D eigenvalue weighted by Crippen LogP contribution is 2.38. The molecule has 1 rings (SSSR count). The summed E-state index contributed by atoms with van der Waals surface area (Å²) < 4.78 is 0. The maximum Gasteiger partial charge on any atom is -0.0169 e. The molecular formula is C20H32. The number of allylic oxidation sites excluding steroid dienone is 8. The zero-order valence-corrected chi connectivity index (χ0v) is 13.4. The first kappa shape index (κ1) is 17.0. The van der Waals surface area contributed by atoms with Gasteiger partial charge in [-0.25, -0.2) is 0 Å². The van der Waals surface area contributed by atoms with Gasteiger partial charge in [0.15, 0.2) is 0 Å². The van der Waals surface area contributed by atoms with Crippen LogP contribution in [0.3, 0.4) is 0 Å². The fraction of sp³-hybridized carbons (Fsp3) is 0.600. The van der Waals surface area contributed by atoms with Gasteiger partial charge in [-0.1, -0.05) is 75.3 Å². The van der Waals surface area contributed by atoms with Crippen LogP contribution in [0.5, 0.6) is 0 Å². The molecule has 0 radical (unpaired) electrons. The molecule has 112 valence electrons. The minimum atomic E-state index is 0.882. The molecule has 0 saturated heterocycles. The van der Waals surface area contributed by atoms with E-state index in [1.54, 1.807) is 0 Å². The van der Waals surface area contributed by atoms with E-state index in [4.69, 9.17) is 0 Å². The maximum absolute atomic E-state index is 2.38. The van der Waals surface area contributed by atoms with E-state index in [1.165, 1.54) is 32.1 Å². The summed E-state index contributed by atoms with van der Waals surface area (Å²) in [5.41, 5.74) is 0. The second-order valence-corrected chi connectivity index (χ2v) is 5.92. The van der Waals surface area contributed by atoms with E-state index in [9.17, 15) is 0 Å². The van der Waals surface area contributed by atoms with Crippen molar-refractivity contribution >= 4 is 0 Å². The van der Waals surface area contributed by atoms with Gasteiger partial charge >= 0.3 is 0 Å². The molecule has 0 aromatic rings. The van der Waals surface area contributed by atoms with E-state index >= 15 is 0 Å². The van der Waals surface area contributed by atoms with Crippen LogP contribution in [0.15, 0.2) is 48.6 Å². The minimum Gasteiger partial charge on any atom is -0.0882 e. The van der Waals surface area contributed by atoms with Crippen molar-refractivity contribution < 1.29 is 0 Å². The lowest BCUT2D eigenvalue weighted by molar-refractivity contribution is 0.728. The molecule has 0 amide bonds. The molecule has 0 N–H and O–H groups in total. The monoisotopic (exact) mass is 272 g/mol. The summed E-state index contributed by atoms with van der Waals surface area (Å²) in [5.74, 6) is 1.82.